The van der Waals surface area contributed by atoms with E-state index in [0.29, 0.717) is 5.69 Å². The second kappa shape index (κ2) is 6.67. The fourth-order valence-electron chi connectivity index (χ4n) is 3.07. The molecule has 0 atom stereocenters. The average Bonchev–Trinajstić information content (AvgIpc) is 2.42. The predicted molar refractivity (Wildman–Crippen MR) is 75.7 cm³/mol. The highest BCUT2D eigenvalue weighted by Crippen LogP contribution is 2.34. The predicted octanol–water partition coefficient (Wildman–Crippen LogP) is 5.62. The van der Waals surface area contributed by atoms with Gasteiger partial charge in [0.15, 0.2) is 0 Å². The van der Waals surface area contributed by atoms with Gasteiger partial charge in [0.05, 0.1) is 5.56 Å². The first-order valence-electron chi connectivity index (χ1n) is 7.53. The van der Waals surface area contributed by atoms with Gasteiger partial charge in [-0.1, -0.05) is 19.8 Å². The Kier molecular flexibility index (Phi) is 5.12. The van der Waals surface area contributed by atoms with Crippen molar-refractivity contribution in [3.63, 3.8) is 0 Å². The van der Waals surface area contributed by atoms with Crippen LogP contribution in [0, 0.1) is 11.7 Å². The monoisotopic (exact) mass is 303 g/mol. The molecular formula is C16H21F4N. The molecule has 0 amide bonds. The van der Waals surface area contributed by atoms with Crippen molar-refractivity contribution in [2.75, 3.05) is 5.32 Å². The lowest BCUT2D eigenvalue weighted by molar-refractivity contribution is -0.139. The maximum absolute atomic E-state index is 13.2. The highest BCUT2D eigenvalue weighted by atomic mass is 19.4. The van der Waals surface area contributed by atoms with E-state index in [0.717, 1.165) is 43.7 Å². The Hall–Kier alpha value is -1.26. The summed E-state index contributed by atoms with van der Waals surface area (Å²) in [6.45, 7) is 2.17. The van der Waals surface area contributed by atoms with Crippen LogP contribution in [0.4, 0.5) is 23.2 Å². The Morgan fingerprint density at radius 1 is 1.14 bits per heavy atom. The summed E-state index contributed by atoms with van der Waals surface area (Å²) in [4.78, 5) is 0. The van der Waals surface area contributed by atoms with E-state index in [1.807, 2.05) is 0 Å². The third-order valence-electron chi connectivity index (χ3n) is 4.19. The van der Waals surface area contributed by atoms with E-state index in [9.17, 15) is 17.6 Å². The second-order valence-corrected chi connectivity index (χ2v) is 5.84. The highest BCUT2D eigenvalue weighted by molar-refractivity contribution is 5.47. The van der Waals surface area contributed by atoms with Crippen LogP contribution in [0.15, 0.2) is 18.2 Å². The summed E-state index contributed by atoms with van der Waals surface area (Å²) < 4.78 is 51.3. The molecule has 1 N–H and O–H groups in total. The zero-order chi connectivity index (χ0) is 15.5. The Balaban J connectivity index is 1.98. The lowest BCUT2D eigenvalue weighted by atomic mass is 9.83. The van der Waals surface area contributed by atoms with Gasteiger partial charge in [0.1, 0.15) is 5.82 Å². The minimum atomic E-state index is -4.65. The molecule has 0 radical (unpaired) electrons. The maximum Gasteiger partial charge on any atom is 0.419 e. The quantitative estimate of drug-likeness (QED) is 0.712. The molecule has 2 rings (SSSR count). The summed E-state index contributed by atoms with van der Waals surface area (Å²) in [6.07, 6.45) is 1.89. The summed E-state index contributed by atoms with van der Waals surface area (Å²) in [5.74, 6) is -0.480. The lowest BCUT2D eigenvalue weighted by Gasteiger charge is -2.29. The summed E-state index contributed by atoms with van der Waals surface area (Å²) >= 11 is 0. The molecule has 0 aliphatic heterocycles. The van der Waals surface area contributed by atoms with Gasteiger partial charge in [-0.15, -0.1) is 0 Å². The Bertz CT molecular complexity index is 462. The molecule has 5 heteroatoms. The Morgan fingerprint density at radius 3 is 2.38 bits per heavy atom. The van der Waals surface area contributed by atoms with E-state index >= 15 is 0 Å². The first-order valence-corrected chi connectivity index (χ1v) is 7.53. The van der Waals surface area contributed by atoms with Gasteiger partial charge in [0, 0.05) is 11.7 Å². The van der Waals surface area contributed by atoms with E-state index in [2.05, 4.69) is 12.2 Å². The first kappa shape index (κ1) is 16.1. The zero-order valence-electron chi connectivity index (χ0n) is 12.1. The van der Waals surface area contributed by atoms with Crippen molar-refractivity contribution in [2.24, 2.45) is 5.92 Å². The molecule has 0 unspecified atom stereocenters. The van der Waals surface area contributed by atoms with Crippen molar-refractivity contribution in [2.45, 2.75) is 57.7 Å². The largest absolute Gasteiger partial charge is 0.419 e. The van der Waals surface area contributed by atoms with Crippen LogP contribution in [0.25, 0.3) is 0 Å². The molecule has 1 nitrogen and oxygen atoms in total. The van der Waals surface area contributed by atoms with Gasteiger partial charge in [-0.3, -0.25) is 0 Å². The van der Waals surface area contributed by atoms with Crippen molar-refractivity contribution in [3.05, 3.63) is 29.6 Å². The molecule has 21 heavy (non-hydrogen) atoms. The van der Waals surface area contributed by atoms with Crippen LogP contribution in [-0.4, -0.2) is 6.04 Å². The van der Waals surface area contributed by atoms with Gasteiger partial charge in [-0.05, 0) is 49.8 Å². The molecule has 1 aromatic rings. The van der Waals surface area contributed by atoms with Gasteiger partial charge in [0.25, 0.3) is 0 Å². The minimum absolute atomic E-state index is 0.185. The van der Waals surface area contributed by atoms with Gasteiger partial charge in [-0.2, -0.15) is 13.2 Å². The SMILES string of the molecule is CCCC1CCC(Nc2ccc(F)c(C(F)(F)F)c2)CC1. The molecule has 0 bridgehead atoms. The van der Waals surface area contributed by atoms with E-state index in [-0.39, 0.29) is 6.04 Å². The van der Waals surface area contributed by atoms with E-state index < -0.39 is 17.6 Å². The molecule has 1 aliphatic rings. The number of hydrogen-bond acceptors (Lipinski definition) is 1. The van der Waals surface area contributed by atoms with Crippen molar-refractivity contribution in [1.82, 2.24) is 0 Å². The van der Waals surface area contributed by atoms with Crippen LogP contribution in [0.1, 0.15) is 51.0 Å². The summed E-state index contributed by atoms with van der Waals surface area (Å²) in [6, 6.07) is 3.31. The van der Waals surface area contributed by atoms with Crippen molar-refractivity contribution in [3.8, 4) is 0 Å². The third kappa shape index (κ3) is 4.35. The van der Waals surface area contributed by atoms with Gasteiger partial charge >= 0.3 is 6.18 Å². The number of anilines is 1. The molecular weight excluding hydrogens is 282 g/mol. The van der Waals surface area contributed by atoms with Crippen LogP contribution >= 0.6 is 0 Å². The molecule has 1 aliphatic carbocycles. The number of alkyl halides is 3. The zero-order valence-corrected chi connectivity index (χ0v) is 12.1. The normalized spacial score (nSPS) is 23.1. The van der Waals surface area contributed by atoms with E-state index in [4.69, 9.17) is 0 Å². The number of rotatable bonds is 4. The topological polar surface area (TPSA) is 12.0 Å². The van der Waals surface area contributed by atoms with Gasteiger partial charge < -0.3 is 5.32 Å². The molecule has 1 fully saturated rings. The number of halogens is 4. The number of hydrogen-bond donors (Lipinski definition) is 1. The van der Waals surface area contributed by atoms with Gasteiger partial charge in [-0.25, -0.2) is 4.39 Å². The average molecular weight is 303 g/mol. The highest BCUT2D eigenvalue weighted by Gasteiger charge is 2.34. The lowest BCUT2D eigenvalue weighted by Crippen LogP contribution is -2.26. The van der Waals surface area contributed by atoms with Crippen molar-refractivity contribution >= 4 is 5.69 Å². The van der Waals surface area contributed by atoms with E-state index in [1.165, 1.54) is 18.9 Å². The molecule has 0 heterocycles. The fraction of sp³-hybridized carbons (Fsp3) is 0.625. The van der Waals surface area contributed by atoms with Gasteiger partial charge in [0.2, 0.25) is 0 Å². The molecule has 118 valence electrons. The smallest absolute Gasteiger partial charge is 0.382 e. The fourth-order valence-corrected chi connectivity index (χ4v) is 3.07. The third-order valence-corrected chi connectivity index (χ3v) is 4.19. The van der Waals surface area contributed by atoms with Crippen LogP contribution < -0.4 is 5.32 Å². The number of nitrogens with one attached hydrogen (secondary N) is 1. The number of benzene rings is 1. The Labute approximate surface area is 122 Å². The van der Waals surface area contributed by atoms with Crippen LogP contribution in [0.2, 0.25) is 0 Å². The second-order valence-electron chi connectivity index (χ2n) is 5.84. The molecule has 1 aromatic carbocycles. The van der Waals surface area contributed by atoms with Crippen LogP contribution in [-0.2, 0) is 6.18 Å². The first-order chi connectivity index (χ1) is 9.90. The summed E-state index contributed by atoms with van der Waals surface area (Å²) in [5, 5.41) is 3.12. The maximum atomic E-state index is 13.2. The van der Waals surface area contributed by atoms with Crippen LogP contribution in [0.5, 0.6) is 0 Å². The van der Waals surface area contributed by atoms with E-state index in [1.54, 1.807) is 0 Å². The molecule has 0 spiro atoms. The van der Waals surface area contributed by atoms with Crippen molar-refractivity contribution < 1.29 is 17.6 Å². The standard InChI is InChI=1S/C16H21F4N/c1-2-3-11-4-6-12(7-5-11)21-13-8-9-15(17)14(10-13)16(18,19)20/h8-12,21H,2-7H2,1H3. The Morgan fingerprint density at radius 2 is 1.81 bits per heavy atom. The summed E-state index contributed by atoms with van der Waals surface area (Å²) in [7, 11) is 0. The molecule has 0 saturated heterocycles. The minimum Gasteiger partial charge on any atom is -0.382 e. The molecule has 1 saturated carbocycles. The van der Waals surface area contributed by atoms with Crippen molar-refractivity contribution in [1.29, 1.82) is 0 Å². The molecule has 0 aromatic heterocycles. The van der Waals surface area contributed by atoms with Crippen LogP contribution in [0.3, 0.4) is 0 Å². The summed E-state index contributed by atoms with van der Waals surface area (Å²) in [5.41, 5.74) is -0.852.